The maximum absolute atomic E-state index is 12.7. The zero-order chi connectivity index (χ0) is 17.9. The van der Waals surface area contributed by atoms with E-state index < -0.39 is 0 Å². The molecule has 1 saturated carbocycles. The smallest absolute Gasteiger partial charge is 0.226 e. The maximum Gasteiger partial charge on any atom is 0.226 e. The predicted octanol–water partition coefficient (Wildman–Crippen LogP) is 4.13. The molecule has 2 atom stereocenters. The van der Waals surface area contributed by atoms with Gasteiger partial charge in [-0.05, 0) is 30.7 Å². The molecule has 0 radical (unpaired) electrons. The Kier molecular flexibility index (Phi) is 6.51. The number of carbonyl (C=O) groups is 1. The van der Waals surface area contributed by atoms with Gasteiger partial charge in [-0.1, -0.05) is 41.9 Å². The van der Waals surface area contributed by atoms with Crippen LogP contribution in [0.4, 0.5) is 5.69 Å². The van der Waals surface area contributed by atoms with Crippen LogP contribution < -0.4 is 9.64 Å². The van der Waals surface area contributed by atoms with Crippen LogP contribution in [0.25, 0.3) is 0 Å². The van der Waals surface area contributed by atoms with E-state index in [0.29, 0.717) is 12.5 Å². The van der Waals surface area contributed by atoms with Crippen molar-refractivity contribution in [2.75, 3.05) is 37.7 Å². The number of carbonyl (C=O) groups excluding carboxylic acids is 1. The largest absolute Gasteiger partial charge is 0.493 e. The molecule has 6 heteroatoms. The summed E-state index contributed by atoms with van der Waals surface area (Å²) >= 11 is 6.29. The summed E-state index contributed by atoms with van der Waals surface area (Å²) in [6.07, 6.45) is 0.941. The molecular weight excluding hydrogens is 383 g/mol. The number of amides is 1. The fourth-order valence-corrected chi connectivity index (χ4v) is 3.82. The summed E-state index contributed by atoms with van der Waals surface area (Å²) in [5.74, 6) is 1.64. The highest BCUT2D eigenvalue weighted by atomic mass is 35.5. The van der Waals surface area contributed by atoms with Gasteiger partial charge in [-0.15, -0.1) is 12.4 Å². The molecule has 1 heterocycles. The van der Waals surface area contributed by atoms with E-state index in [1.165, 1.54) is 0 Å². The number of halogens is 2. The molecule has 1 saturated heterocycles. The SMILES string of the molecule is Cl.O=C([C@@H]1C[C@H]1COc1ccccc1)N1CCN(c2ccccc2Cl)CC1. The number of hydrogen-bond donors (Lipinski definition) is 0. The number of rotatable bonds is 5. The molecule has 2 aliphatic rings. The second-order valence-electron chi connectivity index (χ2n) is 6.99. The number of para-hydroxylation sites is 2. The molecule has 144 valence electrons. The summed E-state index contributed by atoms with van der Waals surface area (Å²) in [6.45, 7) is 3.79. The summed E-state index contributed by atoms with van der Waals surface area (Å²) in [7, 11) is 0. The highest BCUT2D eigenvalue weighted by molar-refractivity contribution is 6.33. The average Bonchev–Trinajstić information content (AvgIpc) is 3.47. The van der Waals surface area contributed by atoms with Gasteiger partial charge in [0.2, 0.25) is 5.91 Å². The van der Waals surface area contributed by atoms with Crippen molar-refractivity contribution in [1.82, 2.24) is 4.90 Å². The lowest BCUT2D eigenvalue weighted by atomic mass is 10.2. The van der Waals surface area contributed by atoms with Crippen molar-refractivity contribution < 1.29 is 9.53 Å². The van der Waals surface area contributed by atoms with Gasteiger partial charge in [0, 0.05) is 38.0 Å². The minimum Gasteiger partial charge on any atom is -0.493 e. The van der Waals surface area contributed by atoms with Crippen LogP contribution in [0.15, 0.2) is 54.6 Å². The molecular formula is C21H24Cl2N2O2. The molecule has 4 nitrogen and oxygen atoms in total. The van der Waals surface area contributed by atoms with E-state index in [2.05, 4.69) is 4.90 Å². The zero-order valence-corrected chi connectivity index (χ0v) is 16.7. The van der Waals surface area contributed by atoms with E-state index in [9.17, 15) is 4.79 Å². The molecule has 0 spiro atoms. The Labute approximate surface area is 171 Å². The number of anilines is 1. The molecule has 2 aromatic rings. The van der Waals surface area contributed by atoms with Crippen molar-refractivity contribution in [3.8, 4) is 5.75 Å². The Hall–Kier alpha value is -1.91. The van der Waals surface area contributed by atoms with Gasteiger partial charge in [0.05, 0.1) is 17.3 Å². The first-order valence-electron chi connectivity index (χ1n) is 9.18. The van der Waals surface area contributed by atoms with Crippen molar-refractivity contribution in [1.29, 1.82) is 0 Å². The highest BCUT2D eigenvalue weighted by Gasteiger charge is 2.45. The lowest BCUT2D eigenvalue weighted by Crippen LogP contribution is -2.49. The van der Waals surface area contributed by atoms with Gasteiger partial charge < -0.3 is 14.5 Å². The summed E-state index contributed by atoms with van der Waals surface area (Å²) in [5, 5.41) is 0.771. The topological polar surface area (TPSA) is 32.8 Å². The summed E-state index contributed by atoms with van der Waals surface area (Å²) in [6, 6.07) is 17.7. The van der Waals surface area contributed by atoms with E-state index in [4.69, 9.17) is 16.3 Å². The summed E-state index contributed by atoms with van der Waals surface area (Å²) < 4.78 is 5.79. The third-order valence-electron chi connectivity index (χ3n) is 5.23. The number of benzene rings is 2. The predicted molar refractivity (Wildman–Crippen MR) is 111 cm³/mol. The van der Waals surface area contributed by atoms with Crippen LogP contribution >= 0.6 is 24.0 Å². The monoisotopic (exact) mass is 406 g/mol. The Morgan fingerprint density at radius 2 is 1.67 bits per heavy atom. The van der Waals surface area contributed by atoms with Gasteiger partial charge in [-0.3, -0.25) is 4.79 Å². The van der Waals surface area contributed by atoms with Crippen LogP contribution in [0.3, 0.4) is 0 Å². The number of piperazine rings is 1. The van der Waals surface area contributed by atoms with Gasteiger partial charge in [0.25, 0.3) is 0 Å². The molecule has 4 rings (SSSR count). The van der Waals surface area contributed by atoms with E-state index in [0.717, 1.165) is 49.1 Å². The molecule has 0 aromatic heterocycles. The van der Waals surface area contributed by atoms with Crippen molar-refractivity contribution in [2.24, 2.45) is 11.8 Å². The van der Waals surface area contributed by atoms with Crippen LogP contribution in [-0.2, 0) is 4.79 Å². The van der Waals surface area contributed by atoms with Crippen LogP contribution in [0.5, 0.6) is 5.75 Å². The van der Waals surface area contributed by atoms with Gasteiger partial charge in [0.1, 0.15) is 5.75 Å². The molecule has 1 aliphatic carbocycles. The number of nitrogens with zero attached hydrogens (tertiary/aromatic N) is 2. The minimum atomic E-state index is 0. The van der Waals surface area contributed by atoms with Crippen LogP contribution in [-0.4, -0.2) is 43.6 Å². The molecule has 0 unspecified atom stereocenters. The molecule has 1 amide bonds. The Bertz CT molecular complexity index is 764. The first kappa shape index (κ1) is 19.8. The number of ether oxygens (including phenoxy) is 1. The third-order valence-corrected chi connectivity index (χ3v) is 5.55. The van der Waals surface area contributed by atoms with Crippen LogP contribution in [0.1, 0.15) is 6.42 Å². The second kappa shape index (κ2) is 8.85. The van der Waals surface area contributed by atoms with Gasteiger partial charge >= 0.3 is 0 Å². The fraction of sp³-hybridized carbons (Fsp3) is 0.381. The molecule has 2 aromatic carbocycles. The Balaban J connectivity index is 0.00000210. The minimum absolute atomic E-state index is 0. The van der Waals surface area contributed by atoms with Crippen molar-refractivity contribution in [2.45, 2.75) is 6.42 Å². The number of hydrogen-bond acceptors (Lipinski definition) is 3. The fourth-order valence-electron chi connectivity index (χ4n) is 3.56. The van der Waals surface area contributed by atoms with Crippen molar-refractivity contribution in [3.63, 3.8) is 0 Å². The first-order chi connectivity index (χ1) is 12.7. The van der Waals surface area contributed by atoms with Crippen molar-refractivity contribution in [3.05, 3.63) is 59.6 Å². The lowest BCUT2D eigenvalue weighted by Gasteiger charge is -2.36. The molecule has 2 fully saturated rings. The van der Waals surface area contributed by atoms with Crippen LogP contribution in [0, 0.1) is 11.8 Å². The Morgan fingerprint density at radius 3 is 2.37 bits per heavy atom. The standard InChI is InChI=1S/C21H23ClN2O2.ClH/c22-19-8-4-5-9-20(19)23-10-12-24(13-11-23)21(25)18-14-16(18)15-26-17-6-2-1-3-7-17;/h1-9,16,18H,10-15H2;1H/t16-,18+;/m0./s1. The highest BCUT2D eigenvalue weighted by Crippen LogP contribution is 2.40. The summed E-state index contributed by atoms with van der Waals surface area (Å²) in [4.78, 5) is 17.0. The van der Waals surface area contributed by atoms with E-state index in [1.54, 1.807) is 0 Å². The van der Waals surface area contributed by atoms with Crippen LogP contribution in [0.2, 0.25) is 5.02 Å². The molecule has 0 N–H and O–H groups in total. The van der Waals surface area contributed by atoms with Gasteiger partial charge in [-0.2, -0.15) is 0 Å². The average molecular weight is 407 g/mol. The summed E-state index contributed by atoms with van der Waals surface area (Å²) in [5.41, 5.74) is 1.06. The molecule has 27 heavy (non-hydrogen) atoms. The normalized spacial score (nSPS) is 21.4. The second-order valence-corrected chi connectivity index (χ2v) is 7.40. The molecule has 1 aliphatic heterocycles. The van der Waals surface area contributed by atoms with Crippen molar-refractivity contribution >= 4 is 35.6 Å². The third kappa shape index (κ3) is 4.69. The zero-order valence-electron chi connectivity index (χ0n) is 15.1. The lowest BCUT2D eigenvalue weighted by molar-refractivity contribution is -0.133. The van der Waals surface area contributed by atoms with E-state index >= 15 is 0 Å². The van der Waals surface area contributed by atoms with Gasteiger partial charge in [-0.25, -0.2) is 0 Å². The first-order valence-corrected chi connectivity index (χ1v) is 9.56. The molecule has 0 bridgehead atoms. The Morgan fingerprint density at radius 1 is 1.00 bits per heavy atom. The maximum atomic E-state index is 12.7. The van der Waals surface area contributed by atoms with E-state index in [1.807, 2.05) is 59.5 Å². The quantitative estimate of drug-likeness (QED) is 0.748. The van der Waals surface area contributed by atoms with E-state index in [-0.39, 0.29) is 24.2 Å². The van der Waals surface area contributed by atoms with Gasteiger partial charge in [0.15, 0.2) is 0 Å².